The molecule has 74 valence electrons. The molecule has 0 aromatic heterocycles. The molecule has 0 fully saturated rings. The first-order valence-electron chi connectivity index (χ1n) is 3.52. The maximum Gasteiger partial charge on any atom is 0.416 e. The first-order valence-corrected chi connectivity index (χ1v) is 3.52. The normalized spacial score (nSPS) is 14.5. The third-order valence-corrected chi connectivity index (χ3v) is 1.37. The molecule has 0 aromatic rings. The molecule has 0 saturated heterocycles. The minimum absolute atomic E-state index is 0.0239. The number of hydrogen-bond acceptors (Lipinski definition) is 2. The SMILES string of the molecule is C=C/C(=C\C(CN)=NC)C(F)(F)F. The van der Waals surface area contributed by atoms with E-state index in [4.69, 9.17) is 5.73 Å². The van der Waals surface area contributed by atoms with Gasteiger partial charge in [0, 0.05) is 19.3 Å². The van der Waals surface area contributed by atoms with Gasteiger partial charge in [0.25, 0.3) is 0 Å². The molecule has 5 heteroatoms. The van der Waals surface area contributed by atoms with Gasteiger partial charge >= 0.3 is 6.18 Å². The van der Waals surface area contributed by atoms with Gasteiger partial charge in [0.05, 0.1) is 5.57 Å². The second kappa shape index (κ2) is 4.81. The minimum atomic E-state index is -4.40. The highest BCUT2D eigenvalue weighted by molar-refractivity contribution is 5.97. The van der Waals surface area contributed by atoms with Crippen molar-refractivity contribution in [2.75, 3.05) is 13.6 Å². The molecule has 2 nitrogen and oxygen atoms in total. The maximum absolute atomic E-state index is 12.1. The van der Waals surface area contributed by atoms with Gasteiger partial charge in [-0.1, -0.05) is 12.7 Å². The van der Waals surface area contributed by atoms with Gasteiger partial charge in [0.2, 0.25) is 0 Å². The molecular weight excluding hydrogens is 181 g/mol. The number of aliphatic imine (C=N–C) groups is 1. The van der Waals surface area contributed by atoms with Gasteiger partial charge in [-0.15, -0.1) is 0 Å². The molecule has 0 atom stereocenters. The molecule has 0 aliphatic heterocycles. The van der Waals surface area contributed by atoms with Gasteiger partial charge in [-0.2, -0.15) is 13.2 Å². The zero-order valence-corrected chi connectivity index (χ0v) is 7.23. The van der Waals surface area contributed by atoms with Crippen LogP contribution in [0.3, 0.4) is 0 Å². The molecule has 0 aliphatic carbocycles. The first-order chi connectivity index (χ1) is 5.95. The fraction of sp³-hybridized carbons (Fsp3) is 0.375. The van der Waals surface area contributed by atoms with Crippen LogP contribution in [0.2, 0.25) is 0 Å². The van der Waals surface area contributed by atoms with E-state index in [2.05, 4.69) is 11.6 Å². The first kappa shape index (κ1) is 11.9. The molecule has 0 aliphatic rings. The average Bonchev–Trinajstić information content (AvgIpc) is 2.04. The Morgan fingerprint density at radius 1 is 1.54 bits per heavy atom. The van der Waals surface area contributed by atoms with Crippen molar-refractivity contribution in [1.82, 2.24) is 0 Å². The van der Waals surface area contributed by atoms with Crippen LogP contribution in [0.1, 0.15) is 0 Å². The number of nitrogens with two attached hydrogens (primary N) is 1. The quantitative estimate of drug-likeness (QED) is 0.536. The van der Waals surface area contributed by atoms with E-state index in [0.29, 0.717) is 0 Å². The number of allylic oxidation sites excluding steroid dienone is 2. The van der Waals surface area contributed by atoms with Crippen LogP contribution in [0.15, 0.2) is 29.3 Å². The molecule has 0 aromatic carbocycles. The van der Waals surface area contributed by atoms with E-state index >= 15 is 0 Å². The molecule has 0 rings (SSSR count). The Labute approximate surface area is 74.6 Å². The number of nitrogens with zero attached hydrogens (tertiary/aromatic N) is 1. The van der Waals surface area contributed by atoms with Crippen LogP contribution in [0.4, 0.5) is 13.2 Å². The van der Waals surface area contributed by atoms with E-state index in [1.54, 1.807) is 0 Å². The summed E-state index contributed by atoms with van der Waals surface area (Å²) in [7, 11) is 1.38. The van der Waals surface area contributed by atoms with Gasteiger partial charge in [-0.25, -0.2) is 0 Å². The summed E-state index contributed by atoms with van der Waals surface area (Å²) in [4.78, 5) is 3.58. The van der Waals surface area contributed by atoms with Crippen molar-refractivity contribution in [3.8, 4) is 0 Å². The summed E-state index contributed by atoms with van der Waals surface area (Å²) in [6, 6.07) is 0. The molecule has 0 heterocycles. The van der Waals surface area contributed by atoms with Crippen molar-refractivity contribution < 1.29 is 13.2 Å². The Kier molecular flexibility index (Phi) is 4.40. The maximum atomic E-state index is 12.1. The Bertz CT molecular complexity index is 238. The summed E-state index contributed by atoms with van der Waals surface area (Å²) in [5.74, 6) is 0. The number of rotatable bonds is 3. The highest BCUT2D eigenvalue weighted by Gasteiger charge is 2.31. The zero-order valence-electron chi connectivity index (χ0n) is 7.23. The van der Waals surface area contributed by atoms with Crippen LogP contribution in [-0.4, -0.2) is 25.5 Å². The second-order valence-electron chi connectivity index (χ2n) is 2.22. The van der Waals surface area contributed by atoms with Crippen molar-refractivity contribution in [3.63, 3.8) is 0 Å². The minimum Gasteiger partial charge on any atom is -0.325 e. The zero-order chi connectivity index (χ0) is 10.5. The van der Waals surface area contributed by atoms with Crippen molar-refractivity contribution in [3.05, 3.63) is 24.3 Å². The second-order valence-corrected chi connectivity index (χ2v) is 2.22. The standard InChI is InChI=1S/C8H11F3N2/c1-3-6(8(9,10)11)4-7(5-12)13-2/h3-4H,1,5,12H2,2H3/b6-4+,13-7?. The van der Waals surface area contributed by atoms with Crippen LogP contribution in [0.5, 0.6) is 0 Å². The lowest BCUT2D eigenvalue weighted by atomic mass is 10.2. The summed E-state index contributed by atoms with van der Waals surface area (Å²) in [5, 5.41) is 0. The van der Waals surface area contributed by atoms with E-state index in [9.17, 15) is 13.2 Å². The lowest BCUT2D eigenvalue weighted by Crippen LogP contribution is -2.16. The van der Waals surface area contributed by atoms with Gasteiger partial charge < -0.3 is 5.73 Å². The average molecular weight is 192 g/mol. The van der Waals surface area contributed by atoms with E-state index in [0.717, 1.165) is 12.2 Å². The third kappa shape index (κ3) is 3.89. The highest BCUT2D eigenvalue weighted by atomic mass is 19.4. The largest absolute Gasteiger partial charge is 0.416 e. The van der Waals surface area contributed by atoms with Crippen LogP contribution in [0.25, 0.3) is 0 Å². The monoisotopic (exact) mass is 192 g/mol. The van der Waals surface area contributed by atoms with Crippen LogP contribution in [0, 0.1) is 0 Å². The molecule has 0 radical (unpaired) electrons. The van der Waals surface area contributed by atoms with E-state index in [1.807, 2.05) is 0 Å². The van der Waals surface area contributed by atoms with Crippen LogP contribution >= 0.6 is 0 Å². The van der Waals surface area contributed by atoms with Gasteiger partial charge in [-0.05, 0) is 6.08 Å². The molecule has 0 saturated carbocycles. The van der Waals surface area contributed by atoms with Crippen molar-refractivity contribution in [2.45, 2.75) is 6.18 Å². The van der Waals surface area contributed by atoms with E-state index in [-0.39, 0.29) is 12.3 Å². The summed E-state index contributed by atoms with van der Waals surface area (Å²) in [6.07, 6.45) is -2.78. The Morgan fingerprint density at radius 2 is 2.08 bits per heavy atom. The number of hydrogen-bond donors (Lipinski definition) is 1. The van der Waals surface area contributed by atoms with Crippen molar-refractivity contribution in [1.29, 1.82) is 0 Å². The van der Waals surface area contributed by atoms with Crippen LogP contribution in [-0.2, 0) is 0 Å². The molecule has 0 amide bonds. The van der Waals surface area contributed by atoms with Crippen LogP contribution < -0.4 is 5.73 Å². The van der Waals surface area contributed by atoms with E-state index in [1.165, 1.54) is 7.05 Å². The third-order valence-electron chi connectivity index (χ3n) is 1.37. The fourth-order valence-corrected chi connectivity index (χ4v) is 0.651. The molecule has 0 bridgehead atoms. The molecule has 0 unspecified atom stereocenters. The number of halogens is 3. The van der Waals surface area contributed by atoms with Crippen molar-refractivity contribution in [2.24, 2.45) is 10.7 Å². The lowest BCUT2D eigenvalue weighted by Gasteiger charge is -2.07. The van der Waals surface area contributed by atoms with Gasteiger partial charge in [0.15, 0.2) is 0 Å². The van der Waals surface area contributed by atoms with Crippen molar-refractivity contribution >= 4 is 5.71 Å². The fourth-order valence-electron chi connectivity index (χ4n) is 0.651. The summed E-state index contributed by atoms with van der Waals surface area (Å²) in [5.41, 5.74) is 4.51. The predicted molar refractivity (Wildman–Crippen MR) is 46.7 cm³/mol. The smallest absolute Gasteiger partial charge is 0.325 e. The Hall–Kier alpha value is -1.10. The Balaban J connectivity index is 4.87. The summed E-state index contributed by atoms with van der Waals surface area (Å²) in [6.45, 7) is 3.04. The number of alkyl halides is 3. The Morgan fingerprint density at radius 3 is 2.31 bits per heavy atom. The topological polar surface area (TPSA) is 38.4 Å². The molecule has 13 heavy (non-hydrogen) atoms. The molecular formula is C8H11F3N2. The lowest BCUT2D eigenvalue weighted by molar-refractivity contribution is -0.0880. The molecule has 0 spiro atoms. The molecule has 2 N–H and O–H groups in total. The summed E-state index contributed by atoms with van der Waals surface area (Å²) < 4.78 is 36.4. The predicted octanol–water partition coefficient (Wildman–Crippen LogP) is 1.69. The highest BCUT2D eigenvalue weighted by Crippen LogP contribution is 2.25. The van der Waals surface area contributed by atoms with Gasteiger partial charge in [0.1, 0.15) is 0 Å². The summed E-state index contributed by atoms with van der Waals surface area (Å²) >= 11 is 0. The van der Waals surface area contributed by atoms with Gasteiger partial charge in [-0.3, -0.25) is 4.99 Å². The van der Waals surface area contributed by atoms with E-state index < -0.39 is 11.7 Å².